The smallest absolute Gasteiger partial charge is 0.227 e. The Bertz CT molecular complexity index is 652. The van der Waals surface area contributed by atoms with E-state index >= 15 is 0 Å². The number of anilines is 1. The summed E-state index contributed by atoms with van der Waals surface area (Å²) in [6.07, 6.45) is 0.281. The molecule has 2 aromatic rings. The first-order valence-corrected chi connectivity index (χ1v) is 8.02. The lowest BCUT2D eigenvalue weighted by molar-refractivity contribution is -0.116. The number of amides is 1. The van der Waals surface area contributed by atoms with E-state index in [9.17, 15) is 9.59 Å². The second-order valence-corrected chi connectivity index (χ2v) is 5.97. The number of ketones is 1. The molecule has 2 rings (SSSR count). The predicted molar refractivity (Wildman–Crippen MR) is 86.2 cm³/mol. The number of nitrogens with zero attached hydrogens (tertiary/aromatic N) is 2. The molecule has 0 fully saturated rings. The van der Waals surface area contributed by atoms with Gasteiger partial charge >= 0.3 is 0 Å². The summed E-state index contributed by atoms with van der Waals surface area (Å²) < 4.78 is 0. The van der Waals surface area contributed by atoms with Crippen molar-refractivity contribution in [2.75, 3.05) is 11.1 Å². The number of rotatable bonds is 7. The molecule has 0 aliphatic carbocycles. The maximum absolute atomic E-state index is 12.0. The third-order valence-corrected chi connectivity index (χ3v) is 3.68. The van der Waals surface area contributed by atoms with Crippen molar-refractivity contribution in [1.29, 1.82) is 0 Å². The van der Waals surface area contributed by atoms with Crippen molar-refractivity contribution in [3.8, 4) is 0 Å². The van der Waals surface area contributed by atoms with Crippen LogP contribution in [0.4, 0.5) is 5.95 Å². The first-order chi connectivity index (χ1) is 10.6. The Morgan fingerprint density at radius 2 is 1.95 bits per heavy atom. The Morgan fingerprint density at radius 3 is 2.64 bits per heavy atom. The van der Waals surface area contributed by atoms with Crippen molar-refractivity contribution in [2.45, 2.75) is 31.8 Å². The molecule has 22 heavy (non-hydrogen) atoms. The van der Waals surface area contributed by atoms with Crippen molar-refractivity contribution >= 4 is 29.4 Å². The van der Waals surface area contributed by atoms with Crippen molar-refractivity contribution < 1.29 is 9.59 Å². The number of nitrogens with one attached hydrogen (secondary N) is 2. The number of hydrogen-bond donors (Lipinski definition) is 2. The highest BCUT2D eigenvalue weighted by Crippen LogP contribution is 2.13. The first-order valence-electron chi connectivity index (χ1n) is 7.03. The molecule has 0 bridgehead atoms. The number of benzene rings is 1. The molecule has 0 aliphatic heterocycles. The molecule has 0 unspecified atom stereocenters. The van der Waals surface area contributed by atoms with E-state index in [4.69, 9.17) is 0 Å². The lowest BCUT2D eigenvalue weighted by Crippen LogP contribution is -2.14. The minimum Gasteiger partial charge on any atom is -0.295 e. The van der Waals surface area contributed by atoms with Gasteiger partial charge in [0.2, 0.25) is 17.0 Å². The van der Waals surface area contributed by atoms with Gasteiger partial charge in [0.25, 0.3) is 0 Å². The molecular formula is C15H18N4O2S. The van der Waals surface area contributed by atoms with Gasteiger partial charge in [0.1, 0.15) is 0 Å². The highest BCUT2D eigenvalue weighted by molar-refractivity contribution is 7.99. The maximum Gasteiger partial charge on any atom is 0.227 e. The molecule has 6 nitrogen and oxygen atoms in total. The van der Waals surface area contributed by atoms with Gasteiger partial charge in [-0.2, -0.15) is 4.98 Å². The average Bonchev–Trinajstić information content (AvgIpc) is 2.93. The summed E-state index contributed by atoms with van der Waals surface area (Å²) in [5.74, 6) is 0.861. The predicted octanol–water partition coefficient (Wildman–Crippen LogP) is 2.83. The number of Topliss-reactive ketones (excluding diaryl/α,β-unsaturated/α-hetero) is 1. The summed E-state index contributed by atoms with van der Waals surface area (Å²) in [6, 6.07) is 7.32. The Balaban J connectivity index is 1.81. The zero-order valence-corrected chi connectivity index (χ0v) is 13.4. The standard InChI is InChI=1S/C15H18N4O2S/c1-3-22-15-17-14(18-19-15)16-13(21)9-8-12(20)11-6-4-10(2)5-7-11/h4-7H,3,8-9H2,1-2H3,(H2,16,17,18,19,21). The van der Waals surface area contributed by atoms with Crippen LogP contribution < -0.4 is 5.32 Å². The number of H-pyrrole nitrogens is 1. The highest BCUT2D eigenvalue weighted by atomic mass is 32.2. The topological polar surface area (TPSA) is 87.7 Å². The summed E-state index contributed by atoms with van der Waals surface area (Å²) in [4.78, 5) is 27.9. The van der Waals surface area contributed by atoms with Gasteiger partial charge in [-0.3, -0.25) is 14.9 Å². The van der Waals surface area contributed by atoms with Gasteiger partial charge in [-0.25, -0.2) is 5.10 Å². The molecule has 0 radical (unpaired) electrons. The number of aromatic nitrogens is 3. The fourth-order valence-corrected chi connectivity index (χ4v) is 2.33. The Morgan fingerprint density at radius 1 is 1.23 bits per heavy atom. The third kappa shape index (κ3) is 4.70. The summed E-state index contributed by atoms with van der Waals surface area (Å²) in [7, 11) is 0. The number of aromatic amines is 1. The molecule has 0 saturated heterocycles. The van der Waals surface area contributed by atoms with Crippen LogP contribution in [-0.4, -0.2) is 32.6 Å². The molecule has 1 aromatic heterocycles. The van der Waals surface area contributed by atoms with E-state index in [0.29, 0.717) is 16.7 Å². The van der Waals surface area contributed by atoms with Crippen LogP contribution in [0, 0.1) is 6.92 Å². The monoisotopic (exact) mass is 318 g/mol. The summed E-state index contributed by atoms with van der Waals surface area (Å²) in [5.41, 5.74) is 1.72. The molecule has 7 heteroatoms. The van der Waals surface area contributed by atoms with Gasteiger partial charge in [0.05, 0.1) is 0 Å². The molecular weight excluding hydrogens is 300 g/mol. The molecule has 0 saturated carbocycles. The zero-order valence-electron chi connectivity index (χ0n) is 12.5. The lowest BCUT2D eigenvalue weighted by atomic mass is 10.1. The molecule has 0 aliphatic rings. The van der Waals surface area contributed by atoms with Crippen LogP contribution in [0.25, 0.3) is 0 Å². The molecule has 0 spiro atoms. The van der Waals surface area contributed by atoms with Gasteiger partial charge in [-0.15, -0.1) is 5.10 Å². The van der Waals surface area contributed by atoms with E-state index in [1.165, 1.54) is 11.8 Å². The molecule has 1 amide bonds. The van der Waals surface area contributed by atoms with Crippen LogP contribution in [0.1, 0.15) is 35.7 Å². The van der Waals surface area contributed by atoms with Gasteiger partial charge in [-0.05, 0) is 12.7 Å². The number of aryl methyl sites for hydroxylation is 1. The number of hydrogen-bond acceptors (Lipinski definition) is 5. The van der Waals surface area contributed by atoms with Crippen molar-refractivity contribution in [3.63, 3.8) is 0 Å². The van der Waals surface area contributed by atoms with E-state index < -0.39 is 0 Å². The Labute approximate surface area is 133 Å². The van der Waals surface area contributed by atoms with Crippen molar-refractivity contribution in [1.82, 2.24) is 15.2 Å². The zero-order chi connectivity index (χ0) is 15.9. The Kier molecular flexibility index (Phi) is 5.71. The van der Waals surface area contributed by atoms with Crippen LogP contribution in [0.15, 0.2) is 29.4 Å². The highest BCUT2D eigenvalue weighted by Gasteiger charge is 2.11. The minimum atomic E-state index is -0.260. The van der Waals surface area contributed by atoms with Crippen molar-refractivity contribution in [3.05, 3.63) is 35.4 Å². The van der Waals surface area contributed by atoms with Crippen LogP contribution in [-0.2, 0) is 4.79 Å². The SMILES string of the molecule is CCSc1n[nH]c(NC(=O)CCC(=O)c2ccc(C)cc2)n1. The van der Waals surface area contributed by atoms with E-state index in [-0.39, 0.29) is 24.5 Å². The molecule has 1 heterocycles. The van der Waals surface area contributed by atoms with E-state index in [1.54, 1.807) is 12.1 Å². The normalized spacial score (nSPS) is 10.5. The first kappa shape index (κ1) is 16.2. The lowest BCUT2D eigenvalue weighted by Gasteiger charge is -2.02. The van der Waals surface area contributed by atoms with Crippen LogP contribution >= 0.6 is 11.8 Å². The minimum absolute atomic E-state index is 0.0463. The molecule has 1 aromatic carbocycles. The largest absolute Gasteiger partial charge is 0.295 e. The number of carbonyl (C=O) groups excluding carboxylic acids is 2. The third-order valence-electron chi connectivity index (χ3n) is 2.95. The number of carbonyl (C=O) groups is 2. The van der Waals surface area contributed by atoms with Crippen LogP contribution in [0.5, 0.6) is 0 Å². The van der Waals surface area contributed by atoms with Crippen molar-refractivity contribution in [2.24, 2.45) is 0 Å². The summed E-state index contributed by atoms with van der Waals surface area (Å²) in [5, 5.41) is 9.80. The van der Waals surface area contributed by atoms with E-state index in [1.807, 2.05) is 26.0 Å². The molecule has 0 atom stereocenters. The molecule has 116 valence electrons. The average molecular weight is 318 g/mol. The van der Waals surface area contributed by atoms with Gasteiger partial charge < -0.3 is 0 Å². The summed E-state index contributed by atoms with van der Waals surface area (Å²) >= 11 is 1.48. The van der Waals surface area contributed by atoms with Gasteiger partial charge in [-0.1, -0.05) is 48.5 Å². The van der Waals surface area contributed by atoms with Crippen LogP contribution in [0.3, 0.4) is 0 Å². The summed E-state index contributed by atoms with van der Waals surface area (Å²) in [6.45, 7) is 3.96. The number of thioether (sulfide) groups is 1. The van der Waals surface area contributed by atoms with E-state index in [0.717, 1.165) is 11.3 Å². The quantitative estimate of drug-likeness (QED) is 0.605. The van der Waals surface area contributed by atoms with E-state index in [2.05, 4.69) is 20.5 Å². The van der Waals surface area contributed by atoms with Gasteiger partial charge in [0, 0.05) is 18.4 Å². The Hall–Kier alpha value is -2.15. The van der Waals surface area contributed by atoms with Gasteiger partial charge in [0.15, 0.2) is 5.78 Å². The fourth-order valence-electron chi connectivity index (χ4n) is 1.80. The maximum atomic E-state index is 12.0. The molecule has 2 N–H and O–H groups in total. The van der Waals surface area contributed by atoms with Crippen LogP contribution in [0.2, 0.25) is 0 Å². The fraction of sp³-hybridized carbons (Fsp3) is 0.333. The second kappa shape index (κ2) is 7.74. The second-order valence-electron chi connectivity index (χ2n) is 4.74.